The highest BCUT2D eigenvalue weighted by Crippen LogP contribution is 2.31. The topological polar surface area (TPSA) is 38.5 Å². The molecule has 0 bridgehead atoms. The lowest BCUT2D eigenvalue weighted by Crippen LogP contribution is -2.11. The van der Waals surface area contributed by atoms with Crippen molar-refractivity contribution >= 4 is 23.4 Å². The zero-order valence-corrected chi connectivity index (χ0v) is 12.6. The second kappa shape index (κ2) is 5.12. The van der Waals surface area contributed by atoms with E-state index in [1.54, 1.807) is 0 Å². The fraction of sp³-hybridized carbons (Fsp3) is 0.714. The van der Waals surface area contributed by atoms with E-state index in [-0.39, 0.29) is 0 Å². The van der Waals surface area contributed by atoms with Crippen molar-refractivity contribution in [3.63, 3.8) is 0 Å². The molecular formula is C14H22N4S. The summed E-state index contributed by atoms with van der Waals surface area (Å²) in [6.07, 6.45) is 7.86. The van der Waals surface area contributed by atoms with Crippen molar-refractivity contribution < 1.29 is 0 Å². The molecule has 104 valence electrons. The molecule has 1 fully saturated rings. The molecule has 0 aliphatic heterocycles. The molecule has 4 nitrogen and oxygen atoms in total. The van der Waals surface area contributed by atoms with E-state index in [0.717, 1.165) is 22.5 Å². The van der Waals surface area contributed by atoms with Crippen LogP contribution in [-0.2, 0) is 6.54 Å². The van der Waals surface area contributed by atoms with Crippen molar-refractivity contribution in [2.24, 2.45) is 0 Å². The van der Waals surface area contributed by atoms with Gasteiger partial charge >= 0.3 is 0 Å². The Bertz CT molecular complexity index is 626. The smallest absolute Gasteiger partial charge is 0.179 e. The van der Waals surface area contributed by atoms with Gasteiger partial charge in [-0.1, -0.05) is 25.7 Å². The van der Waals surface area contributed by atoms with Gasteiger partial charge in [-0.25, -0.2) is 4.68 Å². The number of hydrogen-bond acceptors (Lipinski definition) is 2. The van der Waals surface area contributed by atoms with Gasteiger partial charge in [0, 0.05) is 12.6 Å². The predicted octanol–water partition coefficient (Wildman–Crippen LogP) is 4.12. The molecule has 0 radical (unpaired) electrons. The lowest BCUT2D eigenvalue weighted by atomic mass is 10.1. The summed E-state index contributed by atoms with van der Waals surface area (Å²) in [5.41, 5.74) is 3.36. The van der Waals surface area contributed by atoms with Crippen LogP contribution in [0.5, 0.6) is 0 Å². The first kappa shape index (κ1) is 12.9. The summed E-state index contributed by atoms with van der Waals surface area (Å²) in [6, 6.07) is 0.546. The number of H-pyrrole nitrogens is 1. The minimum atomic E-state index is 0.546. The van der Waals surface area contributed by atoms with E-state index in [1.165, 1.54) is 44.2 Å². The molecule has 2 heterocycles. The zero-order valence-electron chi connectivity index (χ0n) is 11.8. The number of fused-ring (bicyclic) bond motifs is 1. The second-order valence-corrected chi connectivity index (χ2v) is 5.93. The van der Waals surface area contributed by atoms with Crippen LogP contribution in [0, 0.1) is 11.7 Å². The van der Waals surface area contributed by atoms with Gasteiger partial charge in [-0.15, -0.1) is 0 Å². The molecule has 1 aliphatic carbocycles. The molecule has 0 aromatic carbocycles. The second-order valence-electron chi connectivity index (χ2n) is 5.55. The van der Waals surface area contributed by atoms with E-state index in [0.29, 0.717) is 6.04 Å². The first-order chi connectivity index (χ1) is 9.22. The first-order valence-electron chi connectivity index (χ1n) is 7.40. The predicted molar refractivity (Wildman–Crippen MR) is 80.1 cm³/mol. The molecule has 3 rings (SSSR count). The molecule has 0 spiro atoms. The van der Waals surface area contributed by atoms with Gasteiger partial charge in [-0.05, 0) is 38.9 Å². The SMILES string of the molecule is CCn1nc(C)c2[nH]c(=S)n(C3CCCCCC3)c21. The number of aromatic nitrogens is 4. The Morgan fingerprint density at radius 3 is 2.58 bits per heavy atom. The maximum absolute atomic E-state index is 5.57. The third-order valence-corrected chi connectivity index (χ3v) is 4.57. The third-order valence-electron chi connectivity index (χ3n) is 4.27. The lowest BCUT2D eigenvalue weighted by Gasteiger charge is -2.17. The zero-order chi connectivity index (χ0) is 13.4. The van der Waals surface area contributed by atoms with Crippen LogP contribution in [0.25, 0.3) is 11.2 Å². The van der Waals surface area contributed by atoms with E-state index in [2.05, 4.69) is 33.2 Å². The highest BCUT2D eigenvalue weighted by atomic mass is 32.1. The van der Waals surface area contributed by atoms with E-state index in [4.69, 9.17) is 12.2 Å². The number of aromatic amines is 1. The van der Waals surface area contributed by atoms with Gasteiger partial charge in [0.05, 0.1) is 5.69 Å². The highest BCUT2D eigenvalue weighted by Gasteiger charge is 2.21. The van der Waals surface area contributed by atoms with Crippen LogP contribution in [0.1, 0.15) is 57.2 Å². The molecule has 1 N–H and O–H groups in total. The van der Waals surface area contributed by atoms with Crippen LogP contribution < -0.4 is 0 Å². The number of imidazole rings is 1. The molecule has 2 aromatic rings. The van der Waals surface area contributed by atoms with E-state index in [9.17, 15) is 0 Å². The monoisotopic (exact) mass is 278 g/mol. The van der Waals surface area contributed by atoms with Crippen LogP contribution in [0.4, 0.5) is 0 Å². The fourth-order valence-electron chi connectivity index (χ4n) is 3.30. The van der Waals surface area contributed by atoms with Gasteiger partial charge in [0.1, 0.15) is 5.52 Å². The Morgan fingerprint density at radius 1 is 1.26 bits per heavy atom. The summed E-state index contributed by atoms with van der Waals surface area (Å²) in [4.78, 5) is 3.36. The van der Waals surface area contributed by atoms with E-state index >= 15 is 0 Å². The van der Waals surface area contributed by atoms with Crippen molar-refractivity contribution in [1.82, 2.24) is 19.3 Å². The van der Waals surface area contributed by atoms with E-state index < -0.39 is 0 Å². The number of nitrogens with one attached hydrogen (secondary N) is 1. The van der Waals surface area contributed by atoms with Crippen LogP contribution in [0.3, 0.4) is 0 Å². The van der Waals surface area contributed by atoms with Crippen molar-refractivity contribution in [2.45, 2.75) is 65.0 Å². The summed E-state index contributed by atoms with van der Waals surface area (Å²) in [5, 5.41) is 4.61. The van der Waals surface area contributed by atoms with Gasteiger partial charge in [-0.2, -0.15) is 5.10 Å². The minimum absolute atomic E-state index is 0.546. The highest BCUT2D eigenvalue weighted by molar-refractivity contribution is 7.71. The Kier molecular flexibility index (Phi) is 3.48. The van der Waals surface area contributed by atoms with Crippen molar-refractivity contribution in [1.29, 1.82) is 0 Å². The molecule has 0 saturated heterocycles. The summed E-state index contributed by atoms with van der Waals surface area (Å²) in [7, 11) is 0. The van der Waals surface area contributed by atoms with Gasteiger partial charge in [0.2, 0.25) is 0 Å². The van der Waals surface area contributed by atoms with Crippen molar-refractivity contribution in [3.05, 3.63) is 10.5 Å². The molecule has 0 unspecified atom stereocenters. The van der Waals surface area contributed by atoms with Gasteiger partial charge in [0.15, 0.2) is 10.4 Å². The van der Waals surface area contributed by atoms with Gasteiger partial charge < -0.3 is 4.98 Å². The molecule has 0 amide bonds. The largest absolute Gasteiger partial charge is 0.328 e. The Hall–Kier alpha value is -1.10. The molecule has 1 aliphatic rings. The van der Waals surface area contributed by atoms with E-state index in [1.807, 2.05) is 0 Å². The summed E-state index contributed by atoms with van der Waals surface area (Å²) in [5.74, 6) is 0. The molecule has 0 atom stereocenters. The standard InChI is InChI=1S/C14H22N4S/c1-3-17-13-12(10(2)16-17)15-14(19)18(13)11-8-6-4-5-7-9-11/h11H,3-9H2,1-2H3,(H,15,19). The van der Waals surface area contributed by atoms with Crippen molar-refractivity contribution in [3.8, 4) is 0 Å². The number of aryl methyl sites for hydroxylation is 2. The molecule has 2 aromatic heterocycles. The maximum atomic E-state index is 5.57. The first-order valence-corrected chi connectivity index (χ1v) is 7.80. The molecular weight excluding hydrogens is 256 g/mol. The Labute approximate surface area is 118 Å². The quantitative estimate of drug-likeness (QED) is 0.663. The summed E-state index contributed by atoms with van der Waals surface area (Å²) in [6.45, 7) is 5.08. The minimum Gasteiger partial charge on any atom is -0.328 e. The Balaban J connectivity index is 2.15. The number of rotatable bonds is 2. The third kappa shape index (κ3) is 2.14. The molecule has 5 heteroatoms. The van der Waals surface area contributed by atoms with Gasteiger partial charge in [-0.3, -0.25) is 4.57 Å². The summed E-state index contributed by atoms with van der Waals surface area (Å²) < 4.78 is 5.28. The van der Waals surface area contributed by atoms with Crippen molar-refractivity contribution in [2.75, 3.05) is 0 Å². The van der Waals surface area contributed by atoms with Crippen LogP contribution in [0.2, 0.25) is 0 Å². The van der Waals surface area contributed by atoms with Crippen LogP contribution >= 0.6 is 12.2 Å². The Morgan fingerprint density at radius 2 is 1.95 bits per heavy atom. The van der Waals surface area contributed by atoms with Crippen LogP contribution in [0.15, 0.2) is 0 Å². The average molecular weight is 278 g/mol. The summed E-state index contributed by atoms with van der Waals surface area (Å²) >= 11 is 5.57. The number of hydrogen-bond donors (Lipinski definition) is 1. The van der Waals surface area contributed by atoms with Gasteiger partial charge in [0.25, 0.3) is 0 Å². The maximum Gasteiger partial charge on any atom is 0.179 e. The molecule has 1 saturated carbocycles. The average Bonchev–Trinajstić information content (AvgIpc) is 2.75. The number of nitrogens with zero attached hydrogens (tertiary/aromatic N) is 3. The lowest BCUT2D eigenvalue weighted by molar-refractivity contribution is 0.440. The normalized spacial score (nSPS) is 18.0. The fourth-order valence-corrected chi connectivity index (χ4v) is 3.64. The van der Waals surface area contributed by atoms with Crippen LogP contribution in [-0.4, -0.2) is 19.3 Å². The molecule has 19 heavy (non-hydrogen) atoms.